The second-order valence-corrected chi connectivity index (χ2v) is 5.12. The van der Waals surface area contributed by atoms with E-state index < -0.39 is 0 Å². The average Bonchev–Trinajstić information content (AvgIpc) is 2.99. The summed E-state index contributed by atoms with van der Waals surface area (Å²) in [6.07, 6.45) is 1.74. The van der Waals surface area contributed by atoms with Crippen LogP contribution in [0.15, 0.2) is 59.1 Å². The third-order valence-corrected chi connectivity index (χ3v) is 3.83. The number of nitriles is 2. The Labute approximate surface area is 131 Å². The van der Waals surface area contributed by atoms with Crippen molar-refractivity contribution >= 4 is 21.9 Å². The van der Waals surface area contributed by atoms with Crippen LogP contribution < -0.4 is 0 Å². The smallest absolute Gasteiger partial charge is 0.154 e. The number of nitrogens with zero attached hydrogens (tertiary/aromatic N) is 3. The summed E-state index contributed by atoms with van der Waals surface area (Å²) in [6.45, 7) is 0. The topological polar surface area (TPSA) is 73.6 Å². The van der Waals surface area contributed by atoms with Crippen LogP contribution in [-0.2, 0) is 0 Å². The van der Waals surface area contributed by atoms with Crippen molar-refractivity contribution < 1.29 is 4.42 Å². The molecule has 2 aromatic heterocycles. The first-order valence-electron chi connectivity index (χ1n) is 7.02. The highest BCUT2D eigenvalue weighted by Crippen LogP contribution is 2.34. The second kappa shape index (κ2) is 4.98. The highest BCUT2D eigenvalue weighted by atomic mass is 16.3. The number of pyridine rings is 1. The molecule has 4 aromatic rings. The molecule has 0 aliphatic carbocycles. The van der Waals surface area contributed by atoms with Crippen molar-refractivity contribution in [2.24, 2.45) is 0 Å². The van der Waals surface area contributed by atoms with E-state index in [9.17, 15) is 5.26 Å². The van der Waals surface area contributed by atoms with Crippen molar-refractivity contribution in [3.05, 3.63) is 65.9 Å². The van der Waals surface area contributed by atoms with Crippen molar-refractivity contribution in [2.75, 3.05) is 0 Å². The van der Waals surface area contributed by atoms with Crippen LogP contribution in [0.3, 0.4) is 0 Å². The molecule has 0 amide bonds. The maximum absolute atomic E-state index is 9.33. The first kappa shape index (κ1) is 13.1. The predicted octanol–water partition coefficient (Wildman–Crippen LogP) is 4.39. The van der Waals surface area contributed by atoms with Gasteiger partial charge >= 0.3 is 0 Å². The molecular weight excluding hydrogens is 286 g/mol. The molecule has 0 N–H and O–H groups in total. The Balaban J connectivity index is 2.03. The molecule has 23 heavy (non-hydrogen) atoms. The van der Waals surface area contributed by atoms with Gasteiger partial charge in [0.25, 0.3) is 0 Å². The molecule has 4 nitrogen and oxygen atoms in total. The summed E-state index contributed by atoms with van der Waals surface area (Å²) in [5.74, 6) is 0. The molecule has 0 saturated carbocycles. The number of benzene rings is 2. The van der Waals surface area contributed by atoms with E-state index in [1.165, 1.54) is 0 Å². The second-order valence-electron chi connectivity index (χ2n) is 5.12. The number of aromatic nitrogens is 1. The molecule has 2 heterocycles. The van der Waals surface area contributed by atoms with Crippen LogP contribution in [-0.4, -0.2) is 4.98 Å². The Morgan fingerprint density at radius 1 is 0.913 bits per heavy atom. The number of hydrogen-bond donors (Lipinski definition) is 0. The lowest BCUT2D eigenvalue weighted by atomic mass is 10.0. The van der Waals surface area contributed by atoms with Gasteiger partial charge in [0, 0.05) is 22.5 Å². The average molecular weight is 295 g/mol. The van der Waals surface area contributed by atoms with E-state index >= 15 is 0 Å². The van der Waals surface area contributed by atoms with Gasteiger partial charge in [-0.1, -0.05) is 12.1 Å². The lowest BCUT2D eigenvalue weighted by Crippen LogP contribution is -1.83. The molecule has 0 radical (unpaired) electrons. The quantitative estimate of drug-likeness (QED) is 0.522. The zero-order valence-corrected chi connectivity index (χ0v) is 11.9. The van der Waals surface area contributed by atoms with Gasteiger partial charge in [-0.05, 0) is 36.4 Å². The maximum atomic E-state index is 9.33. The van der Waals surface area contributed by atoms with E-state index in [1.54, 1.807) is 12.3 Å². The van der Waals surface area contributed by atoms with Gasteiger partial charge < -0.3 is 4.42 Å². The van der Waals surface area contributed by atoms with Gasteiger partial charge in [0.2, 0.25) is 0 Å². The van der Waals surface area contributed by atoms with Crippen LogP contribution in [0.1, 0.15) is 11.1 Å². The monoisotopic (exact) mass is 295 g/mol. The van der Waals surface area contributed by atoms with Gasteiger partial charge in [0.05, 0.1) is 11.3 Å². The van der Waals surface area contributed by atoms with E-state index in [-0.39, 0.29) is 5.56 Å². The Morgan fingerprint density at radius 2 is 1.78 bits per heavy atom. The van der Waals surface area contributed by atoms with Crippen LogP contribution in [0.4, 0.5) is 0 Å². The van der Waals surface area contributed by atoms with E-state index in [0.29, 0.717) is 16.7 Å². The molecule has 0 aliphatic heterocycles. The SMILES string of the molecule is N#Cc1ccc2c(oc3cc(-c4ccccn4)ccc32)c1C#N. The number of rotatable bonds is 1. The predicted molar refractivity (Wildman–Crippen MR) is 86.4 cm³/mol. The summed E-state index contributed by atoms with van der Waals surface area (Å²) >= 11 is 0. The summed E-state index contributed by atoms with van der Waals surface area (Å²) in [6, 6.07) is 19.1. The Bertz CT molecular complexity index is 1130. The first-order valence-corrected chi connectivity index (χ1v) is 7.02. The molecule has 2 aromatic carbocycles. The van der Waals surface area contributed by atoms with Crippen LogP contribution in [0.25, 0.3) is 33.2 Å². The Morgan fingerprint density at radius 3 is 2.52 bits per heavy atom. The van der Waals surface area contributed by atoms with Crippen LogP contribution in [0.5, 0.6) is 0 Å². The van der Waals surface area contributed by atoms with Gasteiger partial charge in [0.15, 0.2) is 5.58 Å². The fourth-order valence-corrected chi connectivity index (χ4v) is 2.74. The molecule has 106 valence electrons. The van der Waals surface area contributed by atoms with E-state index in [4.69, 9.17) is 9.68 Å². The molecule has 0 unspecified atom stereocenters. The molecule has 0 atom stereocenters. The molecule has 0 bridgehead atoms. The largest absolute Gasteiger partial charge is 0.455 e. The summed E-state index contributed by atoms with van der Waals surface area (Å²) in [7, 11) is 0. The third-order valence-electron chi connectivity index (χ3n) is 3.83. The maximum Gasteiger partial charge on any atom is 0.154 e. The zero-order chi connectivity index (χ0) is 15.8. The molecule has 4 heteroatoms. The van der Waals surface area contributed by atoms with Crippen molar-refractivity contribution in [3.8, 4) is 23.4 Å². The number of hydrogen-bond acceptors (Lipinski definition) is 4. The van der Waals surface area contributed by atoms with Gasteiger partial charge in [-0.2, -0.15) is 10.5 Å². The normalized spacial score (nSPS) is 10.5. The zero-order valence-electron chi connectivity index (χ0n) is 11.9. The van der Waals surface area contributed by atoms with Crippen molar-refractivity contribution in [3.63, 3.8) is 0 Å². The summed E-state index contributed by atoms with van der Waals surface area (Å²) in [4.78, 5) is 4.33. The minimum absolute atomic E-state index is 0.278. The molecule has 0 aliphatic rings. The van der Waals surface area contributed by atoms with Crippen molar-refractivity contribution in [1.82, 2.24) is 4.98 Å². The molecule has 4 rings (SSSR count). The van der Waals surface area contributed by atoms with Crippen molar-refractivity contribution in [1.29, 1.82) is 10.5 Å². The minimum atomic E-state index is 0.278. The standard InChI is InChI=1S/C19H9N3O/c20-10-13-5-7-15-14-6-4-12(17-3-1-2-8-22-17)9-18(14)23-19(15)16(13)11-21/h1-9H. The van der Waals surface area contributed by atoms with Crippen molar-refractivity contribution in [2.45, 2.75) is 0 Å². The third kappa shape index (κ3) is 1.94. The molecular formula is C19H9N3O. The van der Waals surface area contributed by atoms with E-state index in [1.807, 2.05) is 48.5 Å². The van der Waals surface area contributed by atoms with Crippen LogP contribution in [0.2, 0.25) is 0 Å². The number of fused-ring (bicyclic) bond motifs is 3. The number of furan rings is 1. The Kier molecular flexibility index (Phi) is 2.83. The summed E-state index contributed by atoms with van der Waals surface area (Å²) < 4.78 is 5.88. The minimum Gasteiger partial charge on any atom is -0.455 e. The fourth-order valence-electron chi connectivity index (χ4n) is 2.74. The Hall–Kier alpha value is -3.63. The fraction of sp³-hybridized carbons (Fsp3) is 0. The first-order chi connectivity index (χ1) is 11.3. The lowest BCUT2D eigenvalue weighted by molar-refractivity contribution is 0.667. The highest BCUT2D eigenvalue weighted by molar-refractivity contribution is 6.07. The van der Waals surface area contributed by atoms with E-state index in [2.05, 4.69) is 11.1 Å². The van der Waals surface area contributed by atoms with Crippen LogP contribution >= 0.6 is 0 Å². The van der Waals surface area contributed by atoms with E-state index in [0.717, 1.165) is 22.0 Å². The molecule has 0 saturated heterocycles. The van der Waals surface area contributed by atoms with Gasteiger partial charge in [0.1, 0.15) is 23.3 Å². The molecule has 0 spiro atoms. The lowest BCUT2D eigenvalue weighted by Gasteiger charge is -1.99. The summed E-state index contributed by atoms with van der Waals surface area (Å²) in [5, 5.41) is 20.2. The van der Waals surface area contributed by atoms with Gasteiger partial charge in [-0.15, -0.1) is 0 Å². The van der Waals surface area contributed by atoms with Gasteiger partial charge in [-0.25, -0.2) is 0 Å². The molecule has 0 fully saturated rings. The summed E-state index contributed by atoms with van der Waals surface area (Å²) in [5.41, 5.74) is 3.53. The van der Waals surface area contributed by atoms with Gasteiger partial charge in [-0.3, -0.25) is 4.98 Å². The highest BCUT2D eigenvalue weighted by Gasteiger charge is 2.15. The van der Waals surface area contributed by atoms with Crippen LogP contribution in [0, 0.1) is 22.7 Å².